The van der Waals surface area contributed by atoms with Crippen molar-refractivity contribution >= 4 is 12.6 Å². The second kappa shape index (κ2) is 1.70. The highest BCUT2D eigenvalue weighted by Gasteiger charge is 2.35. The van der Waals surface area contributed by atoms with E-state index in [0.717, 1.165) is 17.1 Å². The van der Waals surface area contributed by atoms with Crippen LogP contribution in [0, 0.1) is 11.8 Å². The Balaban J connectivity index is 2.20. The molecule has 0 aliphatic heterocycles. The van der Waals surface area contributed by atoms with Crippen LogP contribution in [-0.2, 0) is 0 Å². The molecule has 0 aromatic rings. The van der Waals surface area contributed by atoms with Crippen molar-refractivity contribution in [3.63, 3.8) is 0 Å². The van der Waals surface area contributed by atoms with Crippen molar-refractivity contribution < 1.29 is 0 Å². The molecule has 2 atom stereocenters. The second-order valence-corrected chi connectivity index (χ2v) is 3.37. The lowest BCUT2D eigenvalue weighted by atomic mass is 10.1. The van der Waals surface area contributed by atoms with Crippen LogP contribution in [0.4, 0.5) is 0 Å². The third kappa shape index (κ3) is 1.12. The first kappa shape index (κ1) is 5.49. The van der Waals surface area contributed by atoms with E-state index >= 15 is 0 Å². The molecule has 0 spiro atoms. The predicted molar refractivity (Wildman–Crippen MR) is 35.7 cm³/mol. The molecule has 7 heavy (non-hydrogen) atoms. The average Bonchev–Trinajstić information content (AvgIpc) is 2.17. The fourth-order valence-electron chi connectivity index (χ4n) is 0.917. The summed E-state index contributed by atoms with van der Waals surface area (Å²) in [5.74, 6) is 1.80. The summed E-state index contributed by atoms with van der Waals surface area (Å²) in [6.45, 7) is 4.53. The van der Waals surface area contributed by atoms with E-state index in [-0.39, 0.29) is 0 Å². The summed E-state index contributed by atoms with van der Waals surface area (Å²) in [6, 6.07) is 0. The van der Waals surface area contributed by atoms with Gasteiger partial charge in [-0.15, -0.1) is 0 Å². The minimum atomic E-state index is 0.736. The highest BCUT2D eigenvalue weighted by atomic mass is 32.1. The molecule has 1 fully saturated rings. The van der Waals surface area contributed by atoms with E-state index in [0.29, 0.717) is 0 Å². The summed E-state index contributed by atoms with van der Waals surface area (Å²) in [5.41, 5.74) is 0. The number of hydrogen-bond acceptors (Lipinski definition) is 1. The molecule has 2 unspecified atom stereocenters. The third-order valence-corrected chi connectivity index (χ3v) is 2.25. The molecule has 0 heterocycles. The molecule has 1 rings (SSSR count). The fourth-order valence-corrected chi connectivity index (χ4v) is 1.50. The molecule has 0 N–H and O–H groups in total. The molecule has 0 bridgehead atoms. The first-order chi connectivity index (χ1) is 3.22. The SMILES string of the molecule is CC(C)C1CC1S. The van der Waals surface area contributed by atoms with Gasteiger partial charge in [0.1, 0.15) is 0 Å². The summed E-state index contributed by atoms with van der Waals surface area (Å²) >= 11 is 4.31. The smallest absolute Gasteiger partial charge is 0.00510 e. The molecule has 0 saturated heterocycles. The number of hydrogen-bond donors (Lipinski definition) is 1. The molecule has 1 aliphatic carbocycles. The van der Waals surface area contributed by atoms with Crippen LogP contribution < -0.4 is 0 Å². The molecule has 42 valence electrons. The molecule has 0 aromatic carbocycles. The zero-order chi connectivity index (χ0) is 5.44. The normalized spacial score (nSPS) is 39.4. The highest BCUT2D eigenvalue weighted by Crippen LogP contribution is 2.41. The predicted octanol–water partition coefficient (Wildman–Crippen LogP) is 1.96. The number of thiol groups is 1. The summed E-state index contributed by atoms with van der Waals surface area (Å²) in [7, 11) is 0. The minimum absolute atomic E-state index is 0.736. The summed E-state index contributed by atoms with van der Waals surface area (Å²) in [4.78, 5) is 0. The first-order valence-electron chi connectivity index (χ1n) is 2.90. The van der Waals surface area contributed by atoms with Gasteiger partial charge >= 0.3 is 0 Å². The van der Waals surface area contributed by atoms with Gasteiger partial charge in [-0.1, -0.05) is 13.8 Å². The van der Waals surface area contributed by atoms with E-state index in [2.05, 4.69) is 26.5 Å². The van der Waals surface area contributed by atoms with Gasteiger partial charge in [-0.3, -0.25) is 0 Å². The van der Waals surface area contributed by atoms with Crippen LogP contribution in [0.3, 0.4) is 0 Å². The molecular formula is C6H12S. The summed E-state index contributed by atoms with van der Waals surface area (Å²) in [5, 5.41) is 0.736. The quantitative estimate of drug-likeness (QED) is 0.497. The lowest BCUT2D eigenvalue weighted by Gasteiger charge is -1.96. The van der Waals surface area contributed by atoms with Crippen molar-refractivity contribution in [2.45, 2.75) is 25.5 Å². The maximum absolute atomic E-state index is 4.31. The van der Waals surface area contributed by atoms with Crippen LogP contribution >= 0.6 is 12.6 Å². The summed E-state index contributed by atoms with van der Waals surface area (Å²) in [6.07, 6.45) is 1.35. The van der Waals surface area contributed by atoms with Crippen molar-refractivity contribution in [1.82, 2.24) is 0 Å². The van der Waals surface area contributed by atoms with Crippen LogP contribution in [-0.4, -0.2) is 5.25 Å². The topological polar surface area (TPSA) is 0 Å². The monoisotopic (exact) mass is 116 g/mol. The molecule has 0 radical (unpaired) electrons. The highest BCUT2D eigenvalue weighted by molar-refractivity contribution is 7.81. The lowest BCUT2D eigenvalue weighted by molar-refractivity contribution is 0.566. The Bertz CT molecular complexity index is 68.6. The summed E-state index contributed by atoms with van der Waals surface area (Å²) < 4.78 is 0. The molecule has 0 nitrogen and oxygen atoms in total. The maximum Gasteiger partial charge on any atom is 0.00510 e. The van der Waals surface area contributed by atoms with Gasteiger partial charge in [0, 0.05) is 5.25 Å². The molecule has 1 saturated carbocycles. The van der Waals surface area contributed by atoms with Crippen molar-refractivity contribution in [2.75, 3.05) is 0 Å². The Morgan fingerprint density at radius 3 is 2.00 bits per heavy atom. The standard InChI is InChI=1S/C6H12S/c1-4(2)5-3-6(5)7/h4-7H,3H2,1-2H3. The Labute approximate surface area is 50.7 Å². The van der Waals surface area contributed by atoms with E-state index in [1.165, 1.54) is 6.42 Å². The molecule has 0 amide bonds. The second-order valence-electron chi connectivity index (χ2n) is 2.71. The van der Waals surface area contributed by atoms with Gasteiger partial charge in [0.05, 0.1) is 0 Å². The van der Waals surface area contributed by atoms with Gasteiger partial charge in [0.15, 0.2) is 0 Å². The van der Waals surface area contributed by atoms with Gasteiger partial charge in [-0.05, 0) is 18.3 Å². The van der Waals surface area contributed by atoms with Gasteiger partial charge in [0.25, 0.3) is 0 Å². The largest absolute Gasteiger partial charge is 0.176 e. The van der Waals surface area contributed by atoms with Crippen molar-refractivity contribution in [2.24, 2.45) is 11.8 Å². The minimum Gasteiger partial charge on any atom is -0.176 e. The Morgan fingerprint density at radius 1 is 1.57 bits per heavy atom. The van der Waals surface area contributed by atoms with E-state index in [4.69, 9.17) is 0 Å². The van der Waals surface area contributed by atoms with Crippen molar-refractivity contribution in [3.8, 4) is 0 Å². The molecule has 1 heteroatoms. The molecular weight excluding hydrogens is 104 g/mol. The maximum atomic E-state index is 4.31. The third-order valence-electron chi connectivity index (χ3n) is 1.66. The van der Waals surface area contributed by atoms with Crippen molar-refractivity contribution in [3.05, 3.63) is 0 Å². The average molecular weight is 116 g/mol. The fraction of sp³-hybridized carbons (Fsp3) is 1.00. The Hall–Kier alpha value is 0.350. The van der Waals surface area contributed by atoms with Gasteiger partial charge in [0.2, 0.25) is 0 Å². The van der Waals surface area contributed by atoms with Gasteiger partial charge in [-0.25, -0.2) is 0 Å². The van der Waals surface area contributed by atoms with Crippen LogP contribution in [0.15, 0.2) is 0 Å². The van der Waals surface area contributed by atoms with Crippen LogP contribution in [0.2, 0.25) is 0 Å². The van der Waals surface area contributed by atoms with E-state index < -0.39 is 0 Å². The molecule has 1 aliphatic rings. The van der Waals surface area contributed by atoms with E-state index in [9.17, 15) is 0 Å². The van der Waals surface area contributed by atoms with Crippen LogP contribution in [0.5, 0.6) is 0 Å². The Kier molecular flexibility index (Phi) is 1.33. The zero-order valence-corrected chi connectivity index (χ0v) is 5.78. The molecule has 0 aromatic heterocycles. The lowest BCUT2D eigenvalue weighted by Crippen LogP contribution is -1.90. The number of rotatable bonds is 1. The van der Waals surface area contributed by atoms with Gasteiger partial charge in [-0.2, -0.15) is 12.6 Å². The van der Waals surface area contributed by atoms with Crippen molar-refractivity contribution in [1.29, 1.82) is 0 Å². The van der Waals surface area contributed by atoms with Crippen LogP contribution in [0.25, 0.3) is 0 Å². The van der Waals surface area contributed by atoms with E-state index in [1.54, 1.807) is 0 Å². The van der Waals surface area contributed by atoms with E-state index in [1.807, 2.05) is 0 Å². The zero-order valence-electron chi connectivity index (χ0n) is 4.89. The first-order valence-corrected chi connectivity index (χ1v) is 3.41. The van der Waals surface area contributed by atoms with Crippen LogP contribution in [0.1, 0.15) is 20.3 Å². The van der Waals surface area contributed by atoms with Gasteiger partial charge < -0.3 is 0 Å². The Morgan fingerprint density at radius 2 is 2.00 bits per heavy atom.